The first-order valence-corrected chi connectivity index (χ1v) is 6.84. The molecule has 0 bridgehead atoms. The van der Waals surface area contributed by atoms with Gasteiger partial charge >= 0.3 is 0 Å². The number of unbranched alkanes of at least 4 members (excludes halogenated alkanes) is 2. The average Bonchev–Trinajstić information content (AvgIpc) is 2.70. The fourth-order valence-corrected chi connectivity index (χ4v) is 1.88. The van der Waals surface area contributed by atoms with E-state index in [0.29, 0.717) is 11.4 Å². The molecule has 0 fully saturated rings. The summed E-state index contributed by atoms with van der Waals surface area (Å²) in [5.74, 6) is 1.11. The summed E-state index contributed by atoms with van der Waals surface area (Å²) < 4.78 is 0. The second-order valence-electron chi connectivity index (χ2n) is 3.66. The maximum Gasteiger partial charge on any atom is 0.267 e. The minimum Gasteiger partial charge on any atom is -0.397 e. The molecule has 90 valence electrons. The topological polar surface area (TPSA) is 70.9 Å². The highest BCUT2D eigenvalue weighted by Gasteiger charge is 2.05. The van der Waals surface area contributed by atoms with Crippen LogP contribution in [0, 0.1) is 0 Å². The number of hydrogen-bond donors (Lipinski definition) is 3. The highest BCUT2D eigenvalue weighted by molar-refractivity contribution is 7.98. The lowest BCUT2D eigenvalue weighted by Crippen LogP contribution is -2.24. The van der Waals surface area contributed by atoms with E-state index in [0.717, 1.165) is 19.4 Å². The number of nitrogens with one attached hydrogen (secondary N) is 2. The van der Waals surface area contributed by atoms with Crippen molar-refractivity contribution in [1.29, 1.82) is 0 Å². The van der Waals surface area contributed by atoms with Crippen molar-refractivity contribution in [3.63, 3.8) is 0 Å². The van der Waals surface area contributed by atoms with E-state index in [9.17, 15) is 4.79 Å². The van der Waals surface area contributed by atoms with E-state index in [2.05, 4.69) is 16.6 Å². The third-order valence-corrected chi connectivity index (χ3v) is 2.96. The van der Waals surface area contributed by atoms with Crippen molar-refractivity contribution in [2.45, 2.75) is 19.3 Å². The Bertz CT molecular complexity index is 325. The molecule has 0 radical (unpaired) electrons. The van der Waals surface area contributed by atoms with Crippen molar-refractivity contribution in [1.82, 2.24) is 10.3 Å². The molecule has 0 aliphatic rings. The number of carbonyl (C=O) groups is 1. The van der Waals surface area contributed by atoms with Crippen molar-refractivity contribution in [2.75, 3.05) is 24.3 Å². The first kappa shape index (κ1) is 13.0. The summed E-state index contributed by atoms with van der Waals surface area (Å²) >= 11 is 1.86. The minimum atomic E-state index is -0.0819. The Labute approximate surface area is 100 Å². The van der Waals surface area contributed by atoms with E-state index in [1.165, 1.54) is 12.2 Å². The van der Waals surface area contributed by atoms with Crippen molar-refractivity contribution < 1.29 is 4.79 Å². The zero-order chi connectivity index (χ0) is 11.8. The van der Waals surface area contributed by atoms with Gasteiger partial charge in [-0.1, -0.05) is 6.42 Å². The van der Waals surface area contributed by atoms with Gasteiger partial charge in [0.1, 0.15) is 5.69 Å². The zero-order valence-electron chi connectivity index (χ0n) is 9.58. The molecule has 5 heteroatoms. The Hall–Kier alpha value is -1.10. The molecule has 4 N–H and O–H groups in total. The Morgan fingerprint density at radius 1 is 1.50 bits per heavy atom. The SMILES string of the molecule is CSCCCCCNC(=O)c1cc(N)c[nH]1. The van der Waals surface area contributed by atoms with Crippen LogP contribution in [-0.4, -0.2) is 29.4 Å². The molecular formula is C11H19N3OS. The fourth-order valence-electron chi connectivity index (χ4n) is 1.39. The average molecular weight is 241 g/mol. The van der Waals surface area contributed by atoms with Gasteiger partial charge in [0, 0.05) is 18.4 Å². The van der Waals surface area contributed by atoms with Crippen LogP contribution in [0.3, 0.4) is 0 Å². The van der Waals surface area contributed by atoms with Crippen LogP contribution in [0.5, 0.6) is 0 Å². The van der Waals surface area contributed by atoms with Gasteiger partial charge in [0.15, 0.2) is 0 Å². The highest BCUT2D eigenvalue weighted by atomic mass is 32.2. The van der Waals surface area contributed by atoms with E-state index in [1.807, 2.05) is 11.8 Å². The molecule has 1 heterocycles. The molecule has 1 rings (SSSR count). The molecule has 0 unspecified atom stereocenters. The van der Waals surface area contributed by atoms with E-state index < -0.39 is 0 Å². The molecule has 0 atom stereocenters. The molecule has 0 aliphatic carbocycles. The molecule has 4 nitrogen and oxygen atoms in total. The second-order valence-corrected chi connectivity index (χ2v) is 4.64. The number of H-pyrrole nitrogens is 1. The third kappa shape index (κ3) is 4.61. The van der Waals surface area contributed by atoms with E-state index >= 15 is 0 Å². The largest absolute Gasteiger partial charge is 0.397 e. The van der Waals surface area contributed by atoms with Crippen LogP contribution in [0.2, 0.25) is 0 Å². The summed E-state index contributed by atoms with van der Waals surface area (Å²) in [6, 6.07) is 1.64. The molecule has 0 aromatic carbocycles. The first-order chi connectivity index (χ1) is 7.74. The third-order valence-electron chi connectivity index (χ3n) is 2.26. The maximum absolute atomic E-state index is 11.5. The molecule has 1 aromatic rings. The summed E-state index contributed by atoms with van der Waals surface area (Å²) in [5, 5.41) is 2.86. The fraction of sp³-hybridized carbons (Fsp3) is 0.545. The summed E-state index contributed by atoms with van der Waals surface area (Å²) in [7, 11) is 0. The lowest BCUT2D eigenvalue weighted by atomic mass is 10.2. The smallest absolute Gasteiger partial charge is 0.267 e. The Kier molecular flexibility index (Phi) is 5.85. The van der Waals surface area contributed by atoms with Gasteiger partial charge in [0.2, 0.25) is 0 Å². The molecule has 0 spiro atoms. The predicted octanol–water partition coefficient (Wildman–Crippen LogP) is 1.86. The number of thioether (sulfide) groups is 1. The van der Waals surface area contributed by atoms with Crippen LogP contribution >= 0.6 is 11.8 Å². The first-order valence-electron chi connectivity index (χ1n) is 5.45. The number of aromatic amines is 1. The lowest BCUT2D eigenvalue weighted by Gasteiger charge is -2.03. The van der Waals surface area contributed by atoms with Crippen molar-refractivity contribution in [2.24, 2.45) is 0 Å². The van der Waals surface area contributed by atoms with E-state index in [4.69, 9.17) is 5.73 Å². The van der Waals surface area contributed by atoms with Crippen LogP contribution in [0.15, 0.2) is 12.3 Å². The van der Waals surface area contributed by atoms with E-state index in [-0.39, 0.29) is 5.91 Å². The zero-order valence-corrected chi connectivity index (χ0v) is 10.4. The van der Waals surface area contributed by atoms with E-state index in [1.54, 1.807) is 12.3 Å². The summed E-state index contributed by atoms with van der Waals surface area (Å²) in [5.41, 5.74) is 6.63. The molecule has 0 saturated carbocycles. The van der Waals surface area contributed by atoms with Crippen LogP contribution in [0.1, 0.15) is 29.8 Å². The number of amides is 1. The van der Waals surface area contributed by atoms with Gasteiger partial charge in [0.25, 0.3) is 5.91 Å². The van der Waals surface area contributed by atoms with Gasteiger partial charge in [-0.15, -0.1) is 0 Å². The molecule has 16 heavy (non-hydrogen) atoms. The van der Waals surface area contributed by atoms with Crippen molar-refractivity contribution >= 4 is 23.4 Å². The Morgan fingerprint density at radius 3 is 2.94 bits per heavy atom. The standard InChI is InChI=1S/C11H19N3OS/c1-16-6-4-2-3-5-13-11(15)10-7-9(12)8-14-10/h7-8,14H,2-6,12H2,1H3,(H,13,15). The highest BCUT2D eigenvalue weighted by Crippen LogP contribution is 2.04. The maximum atomic E-state index is 11.5. The number of nitrogen functional groups attached to an aromatic ring is 1. The van der Waals surface area contributed by atoms with Crippen LogP contribution in [-0.2, 0) is 0 Å². The monoisotopic (exact) mass is 241 g/mol. The number of carbonyl (C=O) groups excluding carboxylic acids is 1. The number of anilines is 1. The Morgan fingerprint density at radius 2 is 2.31 bits per heavy atom. The van der Waals surface area contributed by atoms with Gasteiger partial charge in [0.05, 0.1) is 0 Å². The van der Waals surface area contributed by atoms with Gasteiger partial charge in [-0.25, -0.2) is 0 Å². The van der Waals surface area contributed by atoms with Gasteiger partial charge in [-0.3, -0.25) is 4.79 Å². The van der Waals surface area contributed by atoms with Crippen LogP contribution in [0.25, 0.3) is 0 Å². The summed E-state index contributed by atoms with van der Waals surface area (Å²) in [6.07, 6.45) is 7.13. The molecule has 1 amide bonds. The minimum absolute atomic E-state index is 0.0819. The van der Waals surface area contributed by atoms with Crippen LogP contribution in [0.4, 0.5) is 5.69 Å². The van der Waals surface area contributed by atoms with Gasteiger partial charge in [-0.2, -0.15) is 11.8 Å². The van der Waals surface area contributed by atoms with Crippen LogP contribution < -0.4 is 11.1 Å². The number of rotatable bonds is 7. The quantitative estimate of drug-likeness (QED) is 0.638. The molecule has 0 saturated heterocycles. The molecule has 0 aliphatic heterocycles. The molecule has 1 aromatic heterocycles. The predicted molar refractivity (Wildman–Crippen MR) is 69.8 cm³/mol. The van der Waals surface area contributed by atoms with Gasteiger partial charge < -0.3 is 16.0 Å². The van der Waals surface area contributed by atoms with Crippen molar-refractivity contribution in [3.05, 3.63) is 18.0 Å². The second kappa shape index (κ2) is 7.22. The number of nitrogens with two attached hydrogens (primary N) is 1. The molecular weight excluding hydrogens is 222 g/mol. The lowest BCUT2D eigenvalue weighted by molar-refractivity contribution is 0.0948. The summed E-state index contributed by atoms with van der Waals surface area (Å²) in [4.78, 5) is 14.4. The number of aromatic nitrogens is 1. The number of hydrogen-bond acceptors (Lipinski definition) is 3. The Balaban J connectivity index is 2.11. The summed E-state index contributed by atoms with van der Waals surface area (Å²) in [6.45, 7) is 0.728. The van der Waals surface area contributed by atoms with Crippen molar-refractivity contribution in [3.8, 4) is 0 Å². The van der Waals surface area contributed by atoms with Gasteiger partial charge in [-0.05, 0) is 30.9 Å². The normalized spacial score (nSPS) is 10.3.